The van der Waals surface area contributed by atoms with E-state index < -0.39 is 10.0 Å². The number of hydrogen-bond donors (Lipinski definition) is 1. The topological polar surface area (TPSA) is 82.6 Å². The summed E-state index contributed by atoms with van der Waals surface area (Å²) in [5, 5.41) is 2.73. The van der Waals surface area contributed by atoms with Gasteiger partial charge in [-0.1, -0.05) is 17.7 Å². The summed E-state index contributed by atoms with van der Waals surface area (Å²) < 4.78 is 27.5. The highest BCUT2D eigenvalue weighted by Gasteiger charge is 2.37. The Morgan fingerprint density at radius 1 is 1.09 bits per heavy atom. The summed E-state index contributed by atoms with van der Waals surface area (Å²) in [5.74, 6) is 0.0481. The molecule has 166 valence electrons. The van der Waals surface area contributed by atoms with E-state index in [1.165, 1.54) is 40.8 Å². The van der Waals surface area contributed by atoms with Gasteiger partial charge in [0.2, 0.25) is 5.91 Å². The van der Waals surface area contributed by atoms with Crippen LogP contribution in [-0.2, 0) is 27.8 Å². The van der Waals surface area contributed by atoms with Crippen molar-refractivity contribution < 1.29 is 13.2 Å². The number of benzene rings is 2. The summed E-state index contributed by atoms with van der Waals surface area (Å²) >= 11 is 7.37. The molecule has 0 aliphatic carbocycles. The molecule has 5 rings (SSSR count). The van der Waals surface area contributed by atoms with E-state index in [0.29, 0.717) is 28.9 Å². The van der Waals surface area contributed by atoms with Gasteiger partial charge >= 0.3 is 0 Å². The first kappa shape index (κ1) is 21.4. The molecule has 0 bridgehead atoms. The van der Waals surface area contributed by atoms with Gasteiger partial charge in [-0.3, -0.25) is 14.4 Å². The number of nitrogens with one attached hydrogen (secondary N) is 1. The number of amides is 1. The maximum atomic E-state index is 13.2. The van der Waals surface area contributed by atoms with Crippen molar-refractivity contribution in [2.45, 2.75) is 30.3 Å². The third-order valence-corrected chi connectivity index (χ3v) is 8.35. The lowest BCUT2D eigenvalue weighted by Crippen LogP contribution is -2.44. The average molecular weight is 489 g/mol. The summed E-state index contributed by atoms with van der Waals surface area (Å²) in [6.07, 6.45) is 3.17. The molecule has 32 heavy (non-hydrogen) atoms. The Morgan fingerprint density at radius 3 is 2.66 bits per heavy atom. The number of hydrogen-bond acceptors (Lipinski definition) is 6. The Balaban J connectivity index is 1.29. The zero-order valence-electron chi connectivity index (χ0n) is 17.1. The second-order valence-corrected chi connectivity index (χ2v) is 10.9. The van der Waals surface area contributed by atoms with Gasteiger partial charge in [0.15, 0.2) is 5.13 Å². The smallest absolute Gasteiger partial charge is 0.263 e. The van der Waals surface area contributed by atoms with Crippen LogP contribution in [0.3, 0.4) is 0 Å². The minimum absolute atomic E-state index is 0.0481. The number of rotatable bonds is 5. The Morgan fingerprint density at radius 2 is 1.91 bits per heavy atom. The van der Waals surface area contributed by atoms with Gasteiger partial charge in [-0.25, -0.2) is 13.4 Å². The maximum absolute atomic E-state index is 13.2. The van der Waals surface area contributed by atoms with Crippen LogP contribution < -0.4 is 9.62 Å². The van der Waals surface area contributed by atoms with Crippen LogP contribution in [0.1, 0.15) is 17.5 Å². The van der Waals surface area contributed by atoms with Crippen molar-refractivity contribution in [1.29, 1.82) is 0 Å². The lowest BCUT2D eigenvalue weighted by molar-refractivity contribution is -0.122. The van der Waals surface area contributed by atoms with Gasteiger partial charge in [-0.05, 0) is 60.4 Å². The van der Waals surface area contributed by atoms with E-state index in [1.807, 2.05) is 12.1 Å². The SMILES string of the molecule is O=C1[C@@H](N2CCc3ccc(Cl)cc3C2)CCN1c1ccc(S(=O)(=O)Nc2nccs2)cc1. The number of carbonyl (C=O) groups is 1. The van der Waals surface area contributed by atoms with Crippen LogP contribution in [0.2, 0.25) is 5.02 Å². The van der Waals surface area contributed by atoms with E-state index in [9.17, 15) is 13.2 Å². The fourth-order valence-corrected chi connectivity index (χ4v) is 6.31. The Bertz CT molecular complexity index is 1250. The fraction of sp³-hybridized carbons (Fsp3) is 0.273. The van der Waals surface area contributed by atoms with Gasteiger partial charge in [0, 0.05) is 41.9 Å². The molecule has 0 unspecified atom stereocenters. The largest absolute Gasteiger partial charge is 0.311 e. The molecule has 1 fully saturated rings. The maximum Gasteiger partial charge on any atom is 0.263 e. The van der Waals surface area contributed by atoms with Crippen molar-refractivity contribution >= 4 is 49.7 Å². The van der Waals surface area contributed by atoms with Crippen LogP contribution in [0.25, 0.3) is 0 Å². The van der Waals surface area contributed by atoms with Gasteiger partial charge in [-0.15, -0.1) is 11.3 Å². The molecule has 1 aromatic heterocycles. The van der Waals surface area contributed by atoms with Crippen LogP contribution in [-0.4, -0.2) is 43.3 Å². The second kappa shape index (κ2) is 8.47. The molecule has 2 aromatic carbocycles. The third-order valence-electron chi connectivity index (χ3n) is 5.94. The van der Waals surface area contributed by atoms with Crippen molar-refractivity contribution in [2.75, 3.05) is 22.7 Å². The van der Waals surface area contributed by atoms with Gasteiger partial charge in [0.1, 0.15) is 0 Å². The fourth-order valence-electron chi connectivity index (χ4n) is 4.33. The van der Waals surface area contributed by atoms with Crippen molar-refractivity contribution in [2.24, 2.45) is 0 Å². The molecule has 7 nitrogen and oxygen atoms in total. The molecule has 2 aliphatic rings. The van der Waals surface area contributed by atoms with Crippen molar-refractivity contribution in [1.82, 2.24) is 9.88 Å². The highest BCUT2D eigenvalue weighted by molar-refractivity contribution is 7.93. The number of sulfonamides is 1. The predicted molar refractivity (Wildman–Crippen MR) is 126 cm³/mol. The number of nitrogens with zero attached hydrogens (tertiary/aromatic N) is 3. The zero-order valence-corrected chi connectivity index (χ0v) is 19.5. The first-order valence-corrected chi connectivity index (χ1v) is 13.0. The minimum Gasteiger partial charge on any atom is -0.311 e. The number of aromatic nitrogens is 1. The number of halogens is 1. The highest BCUT2D eigenvalue weighted by atomic mass is 35.5. The van der Waals surface area contributed by atoms with E-state index in [1.54, 1.807) is 22.4 Å². The summed E-state index contributed by atoms with van der Waals surface area (Å²) in [6.45, 7) is 2.14. The zero-order chi connectivity index (χ0) is 22.3. The van der Waals surface area contributed by atoms with Crippen LogP contribution in [0, 0.1) is 0 Å². The summed E-state index contributed by atoms with van der Waals surface area (Å²) in [4.78, 5) is 21.2. The Kier molecular flexibility index (Phi) is 5.66. The van der Waals surface area contributed by atoms with E-state index in [-0.39, 0.29) is 16.8 Å². The number of anilines is 2. The Hall–Kier alpha value is -2.46. The average Bonchev–Trinajstić information content (AvgIpc) is 3.42. The first-order valence-electron chi connectivity index (χ1n) is 10.3. The van der Waals surface area contributed by atoms with Gasteiger partial charge in [0.05, 0.1) is 10.9 Å². The molecule has 0 spiro atoms. The quantitative estimate of drug-likeness (QED) is 0.591. The van der Waals surface area contributed by atoms with Gasteiger partial charge in [0.25, 0.3) is 10.0 Å². The molecule has 10 heteroatoms. The van der Waals surface area contributed by atoms with E-state index in [4.69, 9.17) is 11.6 Å². The predicted octanol–water partition coefficient (Wildman–Crippen LogP) is 3.76. The third kappa shape index (κ3) is 4.13. The lowest BCUT2D eigenvalue weighted by Gasteiger charge is -2.32. The first-order chi connectivity index (χ1) is 15.4. The van der Waals surface area contributed by atoms with Crippen molar-refractivity contribution in [3.63, 3.8) is 0 Å². The van der Waals surface area contributed by atoms with Crippen LogP contribution in [0.4, 0.5) is 10.8 Å². The summed E-state index contributed by atoms with van der Waals surface area (Å²) in [7, 11) is -3.72. The van der Waals surface area contributed by atoms with Gasteiger partial charge in [-0.2, -0.15) is 0 Å². The summed E-state index contributed by atoms with van der Waals surface area (Å²) in [6, 6.07) is 12.2. The molecule has 3 aromatic rings. The van der Waals surface area contributed by atoms with E-state index in [0.717, 1.165) is 19.4 Å². The molecule has 1 atom stereocenters. The molecule has 1 saturated heterocycles. The minimum atomic E-state index is -3.72. The molecule has 3 heterocycles. The molecule has 1 amide bonds. The number of thiazole rings is 1. The number of carbonyl (C=O) groups excluding carboxylic acids is 1. The lowest BCUT2D eigenvalue weighted by atomic mass is 9.98. The van der Waals surface area contributed by atoms with Crippen LogP contribution in [0.15, 0.2) is 58.9 Å². The monoisotopic (exact) mass is 488 g/mol. The highest BCUT2D eigenvalue weighted by Crippen LogP contribution is 2.30. The molecule has 2 aliphatic heterocycles. The molecule has 0 radical (unpaired) electrons. The van der Waals surface area contributed by atoms with E-state index >= 15 is 0 Å². The summed E-state index contributed by atoms with van der Waals surface area (Å²) in [5.41, 5.74) is 3.17. The molecular weight excluding hydrogens is 468 g/mol. The van der Waals surface area contributed by atoms with Crippen molar-refractivity contribution in [3.8, 4) is 0 Å². The molecule has 1 N–H and O–H groups in total. The van der Waals surface area contributed by atoms with Gasteiger partial charge < -0.3 is 4.90 Å². The second-order valence-electron chi connectivity index (χ2n) is 7.86. The standard InChI is InChI=1S/C22H21ClN4O3S2/c23-17-2-1-15-7-10-26(14-16(15)13-17)20-8-11-27(21(20)28)18-3-5-19(6-4-18)32(29,30)25-22-24-9-12-31-22/h1-6,9,12-13,20H,7-8,10-11,14H2,(H,24,25)/t20-/m0/s1. The normalized spacial score (nSPS) is 19.2. The van der Waals surface area contributed by atoms with Crippen molar-refractivity contribution in [3.05, 3.63) is 70.2 Å². The molecule has 0 saturated carbocycles. The number of fused-ring (bicyclic) bond motifs is 1. The van der Waals surface area contributed by atoms with Crippen LogP contribution >= 0.6 is 22.9 Å². The Labute approximate surface area is 195 Å². The van der Waals surface area contributed by atoms with Crippen LogP contribution in [0.5, 0.6) is 0 Å². The van der Waals surface area contributed by atoms with E-state index in [2.05, 4.69) is 20.7 Å². The molecular formula is C22H21ClN4O3S2.